The summed E-state index contributed by atoms with van der Waals surface area (Å²) in [6.45, 7) is 8.43. The van der Waals surface area contributed by atoms with Crippen LogP contribution in [0.2, 0.25) is 0 Å². The Balaban J connectivity index is 1.96. The SMILES string of the molecule is CC(C)Oc1ccccc1C1CCN(CC(C)C(=O)O)CC1. The lowest BCUT2D eigenvalue weighted by molar-refractivity contribution is -0.141. The lowest BCUT2D eigenvalue weighted by Gasteiger charge is -2.33. The zero-order chi connectivity index (χ0) is 16.1. The standard InChI is InChI=1S/C18H27NO3/c1-13(2)22-17-7-5-4-6-16(17)15-8-10-19(11-9-15)12-14(3)18(20)21/h4-7,13-15H,8-12H2,1-3H3,(H,20,21). The highest BCUT2D eigenvalue weighted by molar-refractivity contribution is 5.69. The van der Waals surface area contributed by atoms with E-state index in [-0.39, 0.29) is 12.0 Å². The summed E-state index contributed by atoms with van der Waals surface area (Å²) < 4.78 is 5.93. The van der Waals surface area contributed by atoms with Gasteiger partial charge in [0, 0.05) is 6.54 Å². The zero-order valence-electron chi connectivity index (χ0n) is 13.8. The minimum atomic E-state index is -0.710. The number of nitrogens with zero attached hydrogens (tertiary/aromatic N) is 1. The third-order valence-electron chi connectivity index (χ3n) is 4.26. The van der Waals surface area contributed by atoms with Crippen molar-refractivity contribution < 1.29 is 14.6 Å². The van der Waals surface area contributed by atoms with Crippen LogP contribution in [0.1, 0.15) is 45.1 Å². The largest absolute Gasteiger partial charge is 0.491 e. The number of hydrogen-bond donors (Lipinski definition) is 1. The molecule has 4 heteroatoms. The van der Waals surface area contributed by atoms with E-state index < -0.39 is 5.97 Å². The van der Waals surface area contributed by atoms with Crippen molar-refractivity contribution in [3.05, 3.63) is 29.8 Å². The Bertz CT molecular complexity index is 493. The maximum atomic E-state index is 11.0. The number of carbonyl (C=O) groups is 1. The molecule has 1 aromatic rings. The summed E-state index contributed by atoms with van der Waals surface area (Å²) in [6, 6.07) is 8.30. The summed E-state index contributed by atoms with van der Waals surface area (Å²) in [5, 5.41) is 9.02. The Morgan fingerprint density at radius 2 is 1.91 bits per heavy atom. The Labute approximate surface area is 133 Å². The number of rotatable bonds is 6. The minimum Gasteiger partial charge on any atom is -0.491 e. The van der Waals surface area contributed by atoms with Gasteiger partial charge in [-0.05, 0) is 57.3 Å². The summed E-state index contributed by atoms with van der Waals surface area (Å²) in [5.41, 5.74) is 1.29. The van der Waals surface area contributed by atoms with E-state index in [2.05, 4.69) is 17.0 Å². The van der Waals surface area contributed by atoms with Crippen molar-refractivity contribution in [2.24, 2.45) is 5.92 Å². The summed E-state index contributed by atoms with van der Waals surface area (Å²) in [5.74, 6) is 0.493. The molecule has 122 valence electrons. The maximum absolute atomic E-state index is 11.0. The van der Waals surface area contributed by atoms with Crippen molar-refractivity contribution in [2.75, 3.05) is 19.6 Å². The normalized spacial score (nSPS) is 18.4. The van der Waals surface area contributed by atoms with E-state index in [1.54, 1.807) is 6.92 Å². The van der Waals surface area contributed by atoms with E-state index >= 15 is 0 Å². The van der Waals surface area contributed by atoms with Gasteiger partial charge in [-0.3, -0.25) is 4.79 Å². The summed E-state index contributed by atoms with van der Waals surface area (Å²) in [7, 11) is 0. The van der Waals surface area contributed by atoms with Gasteiger partial charge in [0.05, 0.1) is 12.0 Å². The first-order chi connectivity index (χ1) is 10.5. The van der Waals surface area contributed by atoms with Crippen LogP contribution in [0.5, 0.6) is 5.75 Å². The van der Waals surface area contributed by atoms with Crippen molar-refractivity contribution in [1.82, 2.24) is 4.90 Å². The Hall–Kier alpha value is -1.55. The number of carboxylic acids is 1. The van der Waals surface area contributed by atoms with Gasteiger partial charge in [0.1, 0.15) is 5.75 Å². The van der Waals surface area contributed by atoms with Crippen LogP contribution in [0.3, 0.4) is 0 Å². The Morgan fingerprint density at radius 3 is 2.50 bits per heavy atom. The third-order valence-corrected chi connectivity index (χ3v) is 4.26. The molecular weight excluding hydrogens is 278 g/mol. The number of para-hydroxylation sites is 1. The topological polar surface area (TPSA) is 49.8 Å². The molecule has 1 saturated heterocycles. The number of likely N-dealkylation sites (tertiary alicyclic amines) is 1. The van der Waals surface area contributed by atoms with Crippen LogP contribution >= 0.6 is 0 Å². The number of benzene rings is 1. The number of ether oxygens (including phenoxy) is 1. The molecule has 1 aliphatic rings. The van der Waals surface area contributed by atoms with E-state index in [1.807, 2.05) is 26.0 Å². The van der Waals surface area contributed by atoms with Crippen molar-refractivity contribution in [2.45, 2.75) is 45.6 Å². The summed E-state index contributed by atoms with van der Waals surface area (Å²) in [6.07, 6.45) is 2.30. The molecular formula is C18H27NO3. The predicted molar refractivity (Wildman–Crippen MR) is 87.4 cm³/mol. The second-order valence-electron chi connectivity index (χ2n) is 6.52. The summed E-state index contributed by atoms with van der Waals surface area (Å²) in [4.78, 5) is 13.2. The molecule has 0 aliphatic carbocycles. The van der Waals surface area contributed by atoms with Crippen LogP contribution < -0.4 is 4.74 Å². The molecule has 0 bridgehead atoms. The fraction of sp³-hybridized carbons (Fsp3) is 0.611. The molecule has 1 N–H and O–H groups in total. The quantitative estimate of drug-likeness (QED) is 0.875. The molecule has 0 aromatic heterocycles. The molecule has 0 amide bonds. The molecule has 2 rings (SSSR count). The molecule has 1 aliphatic heterocycles. The van der Waals surface area contributed by atoms with Crippen LogP contribution in [0, 0.1) is 5.92 Å². The molecule has 1 unspecified atom stereocenters. The molecule has 1 atom stereocenters. The molecule has 0 spiro atoms. The second-order valence-corrected chi connectivity index (χ2v) is 6.52. The predicted octanol–water partition coefficient (Wildman–Crippen LogP) is 3.37. The van der Waals surface area contributed by atoms with Crippen LogP contribution in [-0.2, 0) is 4.79 Å². The maximum Gasteiger partial charge on any atom is 0.307 e. The third kappa shape index (κ3) is 4.47. The van der Waals surface area contributed by atoms with E-state index in [9.17, 15) is 4.79 Å². The minimum absolute atomic E-state index is 0.178. The molecule has 1 fully saturated rings. The smallest absolute Gasteiger partial charge is 0.307 e. The van der Waals surface area contributed by atoms with Crippen LogP contribution in [0.4, 0.5) is 0 Å². The lowest BCUT2D eigenvalue weighted by atomic mass is 9.88. The molecule has 0 radical (unpaired) electrons. The first-order valence-electron chi connectivity index (χ1n) is 8.18. The van der Waals surface area contributed by atoms with Gasteiger partial charge in [-0.25, -0.2) is 0 Å². The van der Waals surface area contributed by atoms with Gasteiger partial charge < -0.3 is 14.7 Å². The van der Waals surface area contributed by atoms with E-state index in [0.29, 0.717) is 12.5 Å². The molecule has 4 nitrogen and oxygen atoms in total. The van der Waals surface area contributed by atoms with Gasteiger partial charge in [-0.15, -0.1) is 0 Å². The van der Waals surface area contributed by atoms with Gasteiger partial charge in [0.2, 0.25) is 0 Å². The van der Waals surface area contributed by atoms with Crippen LogP contribution in [0.15, 0.2) is 24.3 Å². The van der Waals surface area contributed by atoms with Gasteiger partial charge in [0.25, 0.3) is 0 Å². The Morgan fingerprint density at radius 1 is 1.27 bits per heavy atom. The fourth-order valence-electron chi connectivity index (χ4n) is 3.07. The van der Waals surface area contributed by atoms with E-state index in [1.165, 1.54) is 5.56 Å². The van der Waals surface area contributed by atoms with Crippen molar-refractivity contribution in [1.29, 1.82) is 0 Å². The molecule has 0 saturated carbocycles. The lowest BCUT2D eigenvalue weighted by Crippen LogP contribution is -2.37. The number of hydrogen-bond acceptors (Lipinski definition) is 3. The van der Waals surface area contributed by atoms with Crippen molar-refractivity contribution >= 4 is 5.97 Å². The highest BCUT2D eigenvalue weighted by Gasteiger charge is 2.25. The van der Waals surface area contributed by atoms with Crippen molar-refractivity contribution in [3.8, 4) is 5.75 Å². The van der Waals surface area contributed by atoms with E-state index in [0.717, 1.165) is 31.7 Å². The number of aliphatic carboxylic acids is 1. The molecule has 1 aromatic carbocycles. The zero-order valence-corrected chi connectivity index (χ0v) is 13.8. The first-order valence-corrected chi connectivity index (χ1v) is 8.18. The molecule has 22 heavy (non-hydrogen) atoms. The fourth-order valence-corrected chi connectivity index (χ4v) is 3.07. The second kappa shape index (κ2) is 7.63. The first kappa shape index (κ1) is 16.8. The van der Waals surface area contributed by atoms with Crippen molar-refractivity contribution in [3.63, 3.8) is 0 Å². The number of carboxylic acid groups (broad SMARTS) is 1. The van der Waals surface area contributed by atoms with Gasteiger partial charge in [0.15, 0.2) is 0 Å². The van der Waals surface area contributed by atoms with Gasteiger partial charge in [-0.1, -0.05) is 25.1 Å². The number of piperidine rings is 1. The highest BCUT2D eigenvalue weighted by atomic mass is 16.5. The average Bonchev–Trinajstić information content (AvgIpc) is 2.48. The molecule has 1 heterocycles. The van der Waals surface area contributed by atoms with Crippen LogP contribution in [0.25, 0.3) is 0 Å². The van der Waals surface area contributed by atoms with Crippen LogP contribution in [-0.4, -0.2) is 41.7 Å². The monoisotopic (exact) mass is 305 g/mol. The summed E-state index contributed by atoms with van der Waals surface area (Å²) >= 11 is 0. The van der Waals surface area contributed by atoms with Gasteiger partial charge >= 0.3 is 5.97 Å². The highest BCUT2D eigenvalue weighted by Crippen LogP contribution is 2.34. The van der Waals surface area contributed by atoms with E-state index in [4.69, 9.17) is 9.84 Å². The van der Waals surface area contributed by atoms with Gasteiger partial charge in [-0.2, -0.15) is 0 Å². The average molecular weight is 305 g/mol. The Kier molecular flexibility index (Phi) is 5.83.